The fraction of sp³-hybridized carbons (Fsp3) is 0.348. The van der Waals surface area contributed by atoms with Crippen LogP contribution >= 0.6 is 11.3 Å². The number of nitrogens with zero attached hydrogens (tertiary/aromatic N) is 3. The number of fused-ring (bicyclic) bond motifs is 2. The number of hydrogen-bond donors (Lipinski definition) is 1. The summed E-state index contributed by atoms with van der Waals surface area (Å²) in [6.07, 6.45) is 1.34. The quantitative estimate of drug-likeness (QED) is 0.356. The number of ether oxygens (including phenoxy) is 4. The first kappa shape index (κ1) is 21.7. The van der Waals surface area contributed by atoms with Gasteiger partial charge in [0.15, 0.2) is 5.82 Å². The lowest BCUT2D eigenvalue weighted by molar-refractivity contribution is -0.0774. The third-order valence-electron chi connectivity index (χ3n) is 5.56. The molecule has 1 aliphatic heterocycles. The van der Waals surface area contributed by atoms with Gasteiger partial charge in [-0.1, -0.05) is 0 Å². The van der Waals surface area contributed by atoms with Crippen molar-refractivity contribution in [1.82, 2.24) is 15.0 Å². The van der Waals surface area contributed by atoms with Crippen molar-refractivity contribution in [3.05, 3.63) is 41.9 Å². The molecule has 4 aromatic rings. The van der Waals surface area contributed by atoms with Gasteiger partial charge in [-0.05, 0) is 19.1 Å². The van der Waals surface area contributed by atoms with Crippen LogP contribution in [0.4, 0.5) is 15.9 Å². The Morgan fingerprint density at radius 1 is 1.18 bits per heavy atom. The van der Waals surface area contributed by atoms with E-state index in [1.807, 2.05) is 19.1 Å². The van der Waals surface area contributed by atoms with Crippen molar-refractivity contribution >= 4 is 44.0 Å². The van der Waals surface area contributed by atoms with Gasteiger partial charge in [-0.15, -0.1) is 11.3 Å². The first-order valence-electron chi connectivity index (χ1n) is 10.6. The Morgan fingerprint density at radius 2 is 2.06 bits per heavy atom. The highest BCUT2D eigenvalue weighted by atomic mass is 32.1. The molecule has 2 aromatic heterocycles. The highest BCUT2D eigenvalue weighted by Crippen LogP contribution is 2.38. The van der Waals surface area contributed by atoms with E-state index >= 15 is 4.39 Å². The highest BCUT2D eigenvalue weighted by Gasteiger charge is 2.28. The summed E-state index contributed by atoms with van der Waals surface area (Å²) in [6, 6.07) is 7.05. The average molecular weight is 471 g/mol. The number of methoxy groups -OCH3 is 1. The van der Waals surface area contributed by atoms with E-state index < -0.39 is 0 Å². The van der Waals surface area contributed by atoms with Gasteiger partial charge in [0.25, 0.3) is 0 Å². The second kappa shape index (κ2) is 9.42. The van der Waals surface area contributed by atoms with Crippen LogP contribution in [0.3, 0.4) is 0 Å². The summed E-state index contributed by atoms with van der Waals surface area (Å²) < 4.78 is 38.1. The van der Waals surface area contributed by atoms with Gasteiger partial charge < -0.3 is 24.3 Å². The predicted molar refractivity (Wildman–Crippen MR) is 124 cm³/mol. The largest absolute Gasteiger partial charge is 0.491 e. The lowest BCUT2D eigenvalue weighted by Crippen LogP contribution is -2.39. The van der Waals surface area contributed by atoms with Crippen LogP contribution in [0.5, 0.6) is 11.5 Å². The molecule has 0 saturated carbocycles. The minimum Gasteiger partial charge on any atom is -0.491 e. The number of nitrogens with one attached hydrogen (secondary N) is 1. The molecule has 3 heterocycles. The second-order valence-electron chi connectivity index (χ2n) is 7.75. The van der Waals surface area contributed by atoms with E-state index in [4.69, 9.17) is 18.9 Å². The van der Waals surface area contributed by atoms with Crippen molar-refractivity contribution in [2.24, 2.45) is 5.92 Å². The summed E-state index contributed by atoms with van der Waals surface area (Å²) in [7, 11) is 1.62. The number of rotatable bonds is 9. The molecule has 1 aliphatic rings. The van der Waals surface area contributed by atoms with Gasteiger partial charge in [0.2, 0.25) is 0 Å². The molecule has 8 nitrogen and oxygen atoms in total. The molecule has 33 heavy (non-hydrogen) atoms. The summed E-state index contributed by atoms with van der Waals surface area (Å²) in [6.45, 7) is 4.17. The molecule has 2 aromatic carbocycles. The van der Waals surface area contributed by atoms with E-state index in [9.17, 15) is 0 Å². The molecule has 1 atom stereocenters. The fourth-order valence-corrected chi connectivity index (χ4v) is 4.31. The number of benzene rings is 2. The number of halogens is 1. The average Bonchev–Trinajstić information content (AvgIpc) is 3.24. The van der Waals surface area contributed by atoms with Crippen LogP contribution in [0, 0.1) is 11.7 Å². The molecule has 0 aliphatic carbocycles. The number of thiazole rings is 1. The van der Waals surface area contributed by atoms with E-state index in [0.717, 1.165) is 0 Å². The summed E-state index contributed by atoms with van der Waals surface area (Å²) in [5.74, 6) is 1.53. The van der Waals surface area contributed by atoms with Crippen LogP contribution < -0.4 is 14.8 Å². The minimum atomic E-state index is -0.372. The van der Waals surface area contributed by atoms with Crippen LogP contribution in [0.2, 0.25) is 0 Å². The third kappa shape index (κ3) is 4.41. The molecular formula is C23H23FN4O4S. The zero-order valence-electron chi connectivity index (χ0n) is 18.2. The van der Waals surface area contributed by atoms with Crippen molar-refractivity contribution in [2.45, 2.75) is 13.0 Å². The highest BCUT2D eigenvalue weighted by molar-refractivity contribution is 7.16. The van der Waals surface area contributed by atoms with E-state index in [-0.39, 0.29) is 11.9 Å². The minimum absolute atomic E-state index is 0.0884. The van der Waals surface area contributed by atoms with Crippen molar-refractivity contribution in [3.63, 3.8) is 0 Å². The summed E-state index contributed by atoms with van der Waals surface area (Å²) in [5, 5.41) is 3.77. The van der Waals surface area contributed by atoms with Crippen molar-refractivity contribution in [1.29, 1.82) is 0 Å². The van der Waals surface area contributed by atoms with Crippen molar-refractivity contribution in [3.8, 4) is 11.5 Å². The predicted octanol–water partition coefficient (Wildman–Crippen LogP) is 4.56. The molecule has 0 unspecified atom stereocenters. The second-order valence-corrected chi connectivity index (χ2v) is 8.61. The summed E-state index contributed by atoms with van der Waals surface area (Å²) in [5.41, 5.74) is 3.17. The molecule has 1 saturated heterocycles. The summed E-state index contributed by atoms with van der Waals surface area (Å²) in [4.78, 5) is 13.0. The van der Waals surface area contributed by atoms with Crippen molar-refractivity contribution < 1.29 is 23.3 Å². The molecule has 0 radical (unpaired) electrons. The van der Waals surface area contributed by atoms with Gasteiger partial charge in [0.05, 0.1) is 52.1 Å². The fourth-order valence-electron chi connectivity index (χ4n) is 3.58. The Balaban J connectivity index is 1.55. The maximum Gasteiger partial charge on any atom is 0.166 e. The lowest BCUT2D eigenvalue weighted by Gasteiger charge is -2.32. The van der Waals surface area contributed by atoms with Gasteiger partial charge in [0, 0.05) is 25.2 Å². The smallest absolute Gasteiger partial charge is 0.166 e. The van der Waals surface area contributed by atoms with Crippen LogP contribution in [0.25, 0.3) is 21.1 Å². The SMILES string of the molecule is COCCOc1cc(O[C@@H](C)C2COC2)c2c(Nc3ccc4ncsc4c3F)ncnc2c1. The molecular weight excluding hydrogens is 447 g/mol. The zero-order chi connectivity index (χ0) is 22.8. The maximum atomic E-state index is 15.1. The van der Waals surface area contributed by atoms with Crippen LogP contribution in [0.1, 0.15) is 6.92 Å². The Bertz CT molecular complexity index is 1280. The molecule has 0 amide bonds. The maximum absolute atomic E-state index is 15.1. The monoisotopic (exact) mass is 470 g/mol. The van der Waals surface area contributed by atoms with Gasteiger partial charge in [0.1, 0.15) is 36.4 Å². The Hall–Kier alpha value is -3.08. The van der Waals surface area contributed by atoms with E-state index in [2.05, 4.69) is 20.3 Å². The normalized spacial score (nSPS) is 14.9. The van der Waals surface area contributed by atoms with Gasteiger partial charge in [-0.2, -0.15) is 0 Å². The van der Waals surface area contributed by atoms with Crippen LogP contribution in [-0.4, -0.2) is 54.6 Å². The van der Waals surface area contributed by atoms with Gasteiger partial charge in [-0.25, -0.2) is 19.3 Å². The molecule has 5 rings (SSSR count). The van der Waals surface area contributed by atoms with E-state index in [1.54, 1.807) is 24.8 Å². The first-order valence-corrected chi connectivity index (χ1v) is 11.5. The number of anilines is 2. The zero-order valence-corrected chi connectivity index (χ0v) is 19.0. The van der Waals surface area contributed by atoms with Gasteiger partial charge >= 0.3 is 0 Å². The Morgan fingerprint density at radius 3 is 2.85 bits per heavy atom. The van der Waals surface area contributed by atoms with Gasteiger partial charge in [-0.3, -0.25) is 0 Å². The van der Waals surface area contributed by atoms with E-state index in [0.29, 0.717) is 76.5 Å². The standard InChI is InChI=1S/C23H23FN4O4S/c1-13(14-9-30-10-14)32-19-8-15(31-6-5-29-2)7-18-20(19)23(26-11-25-18)28-16-3-4-17-22(21(16)24)33-12-27-17/h3-4,7-8,11-14H,5-6,9-10H2,1-2H3,(H,25,26,28)/t13-/m0/s1. The molecule has 1 N–H and O–H groups in total. The Labute approximate surface area is 193 Å². The molecule has 10 heteroatoms. The number of aromatic nitrogens is 3. The summed E-state index contributed by atoms with van der Waals surface area (Å²) >= 11 is 1.26. The van der Waals surface area contributed by atoms with Crippen LogP contribution in [0.15, 0.2) is 36.1 Å². The first-order chi connectivity index (χ1) is 16.1. The Kier molecular flexibility index (Phi) is 6.21. The molecule has 0 spiro atoms. The third-order valence-corrected chi connectivity index (χ3v) is 6.40. The number of hydrogen-bond acceptors (Lipinski definition) is 9. The van der Waals surface area contributed by atoms with E-state index in [1.165, 1.54) is 17.7 Å². The lowest BCUT2D eigenvalue weighted by atomic mass is 10.0. The molecule has 1 fully saturated rings. The molecule has 0 bridgehead atoms. The topological polar surface area (TPSA) is 87.6 Å². The van der Waals surface area contributed by atoms with Crippen LogP contribution in [-0.2, 0) is 9.47 Å². The molecule has 172 valence electrons. The van der Waals surface area contributed by atoms with Crippen molar-refractivity contribution in [2.75, 3.05) is 38.9 Å².